The van der Waals surface area contributed by atoms with Gasteiger partial charge in [0.05, 0.1) is 6.20 Å². The molecule has 0 saturated carbocycles. The first-order valence-electron chi connectivity index (χ1n) is 6.77. The van der Waals surface area contributed by atoms with E-state index in [9.17, 15) is 5.11 Å². The summed E-state index contributed by atoms with van der Waals surface area (Å²) in [6.45, 7) is 2.52. The molecule has 0 spiro atoms. The van der Waals surface area contributed by atoms with Gasteiger partial charge in [-0.05, 0) is 42.2 Å². The molecule has 1 aromatic carbocycles. The lowest BCUT2D eigenvalue weighted by Crippen LogP contribution is -2.30. The molecule has 1 aromatic heterocycles. The van der Waals surface area contributed by atoms with Crippen LogP contribution in [0.3, 0.4) is 0 Å². The molecule has 3 N–H and O–H groups in total. The number of nitrogens with two attached hydrogens (primary N) is 1. The number of benzene rings is 1. The number of phenolic OH excluding ortho intramolecular Hbond substituents is 1. The van der Waals surface area contributed by atoms with Crippen LogP contribution in [0.4, 0.5) is 0 Å². The average Bonchev–Trinajstić information content (AvgIpc) is 2.48. The third-order valence-corrected chi connectivity index (χ3v) is 3.08. The molecule has 20 heavy (non-hydrogen) atoms. The Labute approximate surface area is 119 Å². The monoisotopic (exact) mass is 272 g/mol. The number of aromatic nitrogens is 1. The number of aryl methyl sites for hydroxylation is 1. The zero-order valence-corrected chi connectivity index (χ0v) is 11.6. The standard InChI is InChI=1S/C16H20N2O2/c1-2-12-8-16(10-18-9-12)20-11-14(17)7-13-3-5-15(19)6-4-13/h3-6,8-10,14,19H,2,7,11,17H2,1H3/t14-/m0/s1. The number of hydrogen-bond donors (Lipinski definition) is 2. The van der Waals surface area contributed by atoms with Crippen molar-refractivity contribution >= 4 is 0 Å². The number of pyridine rings is 1. The number of hydrogen-bond acceptors (Lipinski definition) is 4. The van der Waals surface area contributed by atoms with Gasteiger partial charge in [0, 0.05) is 12.2 Å². The molecule has 4 heteroatoms. The predicted molar refractivity (Wildman–Crippen MR) is 78.9 cm³/mol. The van der Waals surface area contributed by atoms with Gasteiger partial charge in [-0.25, -0.2) is 0 Å². The maximum absolute atomic E-state index is 9.23. The van der Waals surface area contributed by atoms with Gasteiger partial charge in [-0.1, -0.05) is 19.1 Å². The summed E-state index contributed by atoms with van der Waals surface area (Å²) in [5.74, 6) is 1.02. The fraction of sp³-hybridized carbons (Fsp3) is 0.312. The molecule has 106 valence electrons. The van der Waals surface area contributed by atoms with Crippen LogP contribution in [0, 0.1) is 0 Å². The summed E-state index contributed by atoms with van der Waals surface area (Å²) in [7, 11) is 0. The van der Waals surface area contributed by atoms with Crippen molar-refractivity contribution in [3.05, 3.63) is 53.9 Å². The molecule has 0 saturated heterocycles. The number of ether oxygens (including phenoxy) is 1. The molecule has 2 rings (SSSR count). The largest absolute Gasteiger partial charge is 0.508 e. The highest BCUT2D eigenvalue weighted by Gasteiger charge is 2.06. The molecular formula is C16H20N2O2. The normalized spacial score (nSPS) is 12.1. The minimum Gasteiger partial charge on any atom is -0.508 e. The van der Waals surface area contributed by atoms with E-state index in [0.717, 1.165) is 23.3 Å². The minimum absolute atomic E-state index is 0.0928. The summed E-state index contributed by atoms with van der Waals surface area (Å²) >= 11 is 0. The van der Waals surface area contributed by atoms with Gasteiger partial charge < -0.3 is 15.6 Å². The fourth-order valence-electron chi connectivity index (χ4n) is 1.93. The van der Waals surface area contributed by atoms with Crippen LogP contribution in [-0.4, -0.2) is 22.7 Å². The van der Waals surface area contributed by atoms with Crippen LogP contribution in [-0.2, 0) is 12.8 Å². The van der Waals surface area contributed by atoms with Gasteiger partial charge in [0.15, 0.2) is 0 Å². The molecule has 0 bridgehead atoms. The number of aromatic hydroxyl groups is 1. The Morgan fingerprint density at radius 3 is 2.65 bits per heavy atom. The molecule has 0 aliphatic carbocycles. The van der Waals surface area contributed by atoms with Gasteiger partial charge in [0.2, 0.25) is 0 Å². The van der Waals surface area contributed by atoms with E-state index in [1.165, 1.54) is 0 Å². The van der Waals surface area contributed by atoms with Crippen LogP contribution < -0.4 is 10.5 Å². The van der Waals surface area contributed by atoms with Gasteiger partial charge in [-0.15, -0.1) is 0 Å². The van der Waals surface area contributed by atoms with E-state index in [0.29, 0.717) is 13.0 Å². The Morgan fingerprint density at radius 2 is 1.95 bits per heavy atom. The summed E-state index contributed by atoms with van der Waals surface area (Å²) in [6, 6.07) is 8.96. The summed E-state index contributed by atoms with van der Waals surface area (Å²) < 4.78 is 5.67. The Hall–Kier alpha value is -2.07. The van der Waals surface area contributed by atoms with Crippen LogP contribution in [0.5, 0.6) is 11.5 Å². The van der Waals surface area contributed by atoms with Gasteiger partial charge in [-0.2, -0.15) is 0 Å². The molecule has 0 unspecified atom stereocenters. The highest BCUT2D eigenvalue weighted by molar-refractivity contribution is 5.26. The van der Waals surface area contributed by atoms with Crippen LogP contribution in [0.1, 0.15) is 18.1 Å². The third-order valence-electron chi connectivity index (χ3n) is 3.08. The molecule has 0 aliphatic rings. The predicted octanol–water partition coefficient (Wildman–Crippen LogP) is 2.30. The summed E-state index contributed by atoms with van der Waals surface area (Å²) in [6.07, 6.45) is 5.18. The first kappa shape index (κ1) is 14.3. The molecular weight excluding hydrogens is 252 g/mol. The zero-order valence-electron chi connectivity index (χ0n) is 11.6. The smallest absolute Gasteiger partial charge is 0.137 e. The quantitative estimate of drug-likeness (QED) is 0.846. The van der Waals surface area contributed by atoms with E-state index >= 15 is 0 Å². The molecule has 0 radical (unpaired) electrons. The third kappa shape index (κ3) is 4.24. The van der Waals surface area contributed by atoms with Crippen LogP contribution >= 0.6 is 0 Å². The van der Waals surface area contributed by atoms with Crippen molar-refractivity contribution in [2.45, 2.75) is 25.8 Å². The molecule has 0 aliphatic heterocycles. The molecule has 4 nitrogen and oxygen atoms in total. The maximum atomic E-state index is 9.23. The van der Waals surface area contributed by atoms with E-state index in [2.05, 4.69) is 11.9 Å². The van der Waals surface area contributed by atoms with Crippen molar-refractivity contribution in [3.63, 3.8) is 0 Å². The number of rotatable bonds is 6. The van der Waals surface area contributed by atoms with Crippen molar-refractivity contribution in [2.75, 3.05) is 6.61 Å². The lowest BCUT2D eigenvalue weighted by molar-refractivity contribution is 0.286. The first-order chi connectivity index (χ1) is 9.67. The zero-order chi connectivity index (χ0) is 14.4. The van der Waals surface area contributed by atoms with Gasteiger partial charge in [-0.3, -0.25) is 4.98 Å². The fourth-order valence-corrected chi connectivity index (χ4v) is 1.93. The topological polar surface area (TPSA) is 68.4 Å². The SMILES string of the molecule is CCc1cncc(OC[C@@H](N)Cc2ccc(O)cc2)c1. The molecule has 0 amide bonds. The Kier molecular flexibility index (Phi) is 4.96. The van der Waals surface area contributed by atoms with E-state index < -0.39 is 0 Å². The average molecular weight is 272 g/mol. The van der Waals surface area contributed by atoms with Crippen LogP contribution in [0.15, 0.2) is 42.7 Å². The lowest BCUT2D eigenvalue weighted by atomic mass is 10.1. The van der Waals surface area contributed by atoms with Crippen molar-refractivity contribution < 1.29 is 9.84 Å². The van der Waals surface area contributed by atoms with Gasteiger partial charge in [0.1, 0.15) is 18.1 Å². The lowest BCUT2D eigenvalue weighted by Gasteiger charge is -2.13. The second-order valence-electron chi connectivity index (χ2n) is 4.82. The van der Waals surface area contributed by atoms with E-state index in [-0.39, 0.29) is 11.8 Å². The number of phenols is 1. The molecule has 1 atom stereocenters. The minimum atomic E-state index is -0.0928. The highest BCUT2D eigenvalue weighted by atomic mass is 16.5. The second kappa shape index (κ2) is 6.91. The second-order valence-corrected chi connectivity index (χ2v) is 4.82. The molecule has 0 fully saturated rings. The highest BCUT2D eigenvalue weighted by Crippen LogP contribution is 2.13. The van der Waals surface area contributed by atoms with E-state index in [4.69, 9.17) is 10.5 Å². The summed E-state index contributed by atoms with van der Waals surface area (Å²) in [5, 5.41) is 9.23. The van der Waals surface area contributed by atoms with Crippen LogP contribution in [0.2, 0.25) is 0 Å². The summed E-state index contributed by atoms with van der Waals surface area (Å²) in [4.78, 5) is 4.13. The van der Waals surface area contributed by atoms with E-state index in [1.807, 2.05) is 24.4 Å². The van der Waals surface area contributed by atoms with E-state index in [1.54, 1.807) is 18.3 Å². The van der Waals surface area contributed by atoms with Gasteiger partial charge >= 0.3 is 0 Å². The van der Waals surface area contributed by atoms with Crippen molar-refractivity contribution in [1.29, 1.82) is 0 Å². The maximum Gasteiger partial charge on any atom is 0.137 e. The molecule has 1 heterocycles. The Balaban J connectivity index is 1.85. The van der Waals surface area contributed by atoms with Crippen LogP contribution in [0.25, 0.3) is 0 Å². The molecule has 2 aromatic rings. The summed E-state index contributed by atoms with van der Waals surface area (Å²) in [5.41, 5.74) is 8.28. The van der Waals surface area contributed by atoms with Crippen molar-refractivity contribution in [3.8, 4) is 11.5 Å². The van der Waals surface area contributed by atoms with Crippen molar-refractivity contribution in [2.24, 2.45) is 5.73 Å². The van der Waals surface area contributed by atoms with Crippen molar-refractivity contribution in [1.82, 2.24) is 4.98 Å². The van der Waals surface area contributed by atoms with Gasteiger partial charge in [0.25, 0.3) is 0 Å². The Morgan fingerprint density at radius 1 is 1.20 bits per heavy atom. The Bertz CT molecular complexity index is 540. The number of nitrogens with zero attached hydrogens (tertiary/aromatic N) is 1. The first-order valence-corrected chi connectivity index (χ1v) is 6.77.